The third-order valence-electron chi connectivity index (χ3n) is 3.33. The summed E-state index contributed by atoms with van der Waals surface area (Å²) < 4.78 is 5.78. The van der Waals surface area contributed by atoms with Gasteiger partial charge in [0.1, 0.15) is 0 Å². The highest BCUT2D eigenvalue weighted by atomic mass is 16.5. The monoisotopic (exact) mass is 246 g/mol. The Labute approximate surface area is 107 Å². The van der Waals surface area contributed by atoms with E-state index in [9.17, 15) is 0 Å². The Bertz CT molecular complexity index is 475. The fraction of sp³-hybridized carbons (Fsp3) is 0.400. The van der Waals surface area contributed by atoms with Crippen LogP contribution in [0.2, 0.25) is 0 Å². The van der Waals surface area contributed by atoms with Crippen molar-refractivity contribution >= 4 is 11.7 Å². The summed E-state index contributed by atoms with van der Waals surface area (Å²) in [6.45, 7) is 9.28. The molecule has 2 rings (SSSR count). The smallest absolute Gasteiger partial charge is 0.367 e. The van der Waals surface area contributed by atoms with Gasteiger partial charge in [0, 0.05) is 0 Å². The molecule has 1 aliphatic heterocycles. The molecule has 0 atom stereocenters. The molecule has 1 aliphatic rings. The van der Waals surface area contributed by atoms with E-state index in [1.165, 1.54) is 22.3 Å². The Hall–Kier alpha value is -1.70. The van der Waals surface area contributed by atoms with Crippen LogP contribution in [-0.2, 0) is 14.3 Å². The van der Waals surface area contributed by atoms with E-state index in [0.717, 1.165) is 6.61 Å². The fourth-order valence-electron chi connectivity index (χ4n) is 1.89. The zero-order valence-corrected chi connectivity index (χ0v) is 11.2. The van der Waals surface area contributed by atoms with Crippen LogP contribution in [0.25, 0.3) is 5.57 Å². The first-order valence-corrected chi connectivity index (χ1v) is 5.83. The van der Waals surface area contributed by atoms with Gasteiger partial charge in [-0.25, -0.2) is 0 Å². The van der Waals surface area contributed by atoms with Crippen molar-refractivity contribution in [3.63, 3.8) is 0 Å². The second-order valence-electron chi connectivity index (χ2n) is 4.85. The van der Waals surface area contributed by atoms with Gasteiger partial charge in [-0.05, 0) is 44.4 Å². The predicted molar refractivity (Wildman–Crippen MR) is 68.8 cm³/mol. The molecular weight excluding hydrogens is 228 g/mol. The molecule has 1 heterocycles. The minimum atomic E-state index is -0.0970. The second kappa shape index (κ2) is 5.76. The van der Waals surface area contributed by atoms with Gasteiger partial charge < -0.3 is 4.74 Å². The molecule has 0 saturated heterocycles. The van der Waals surface area contributed by atoms with E-state index in [-0.39, 0.29) is 11.8 Å². The second-order valence-corrected chi connectivity index (χ2v) is 4.85. The molecule has 1 aromatic rings. The summed E-state index contributed by atoms with van der Waals surface area (Å²) in [7, 11) is 0. The molecule has 3 nitrogen and oxygen atoms in total. The standard InChI is InChI=1S/C14H18O.CO2/c1-10-5-7-12(8-6-10)13-9-15-14(3,4)11(13)2;2-1-3/h5-8H,9H2,1-4H3;. The summed E-state index contributed by atoms with van der Waals surface area (Å²) in [6.07, 6.45) is 0.250. The lowest BCUT2D eigenvalue weighted by Crippen LogP contribution is -2.20. The Kier molecular flexibility index (Phi) is 4.60. The maximum absolute atomic E-state index is 8.12. The van der Waals surface area contributed by atoms with Crippen molar-refractivity contribution < 1.29 is 14.3 Å². The fourth-order valence-corrected chi connectivity index (χ4v) is 1.89. The number of aryl methyl sites for hydroxylation is 1. The van der Waals surface area contributed by atoms with E-state index in [1.54, 1.807) is 0 Å². The van der Waals surface area contributed by atoms with Crippen molar-refractivity contribution in [1.82, 2.24) is 0 Å². The van der Waals surface area contributed by atoms with Gasteiger partial charge in [-0.2, -0.15) is 9.59 Å². The quantitative estimate of drug-likeness (QED) is 0.765. The summed E-state index contributed by atoms with van der Waals surface area (Å²) in [5.41, 5.74) is 5.20. The minimum absolute atomic E-state index is 0.0970. The van der Waals surface area contributed by atoms with Gasteiger partial charge in [-0.15, -0.1) is 0 Å². The van der Waals surface area contributed by atoms with Crippen LogP contribution in [0.1, 0.15) is 31.9 Å². The normalized spacial score (nSPS) is 16.9. The topological polar surface area (TPSA) is 43.4 Å². The average Bonchev–Trinajstić information content (AvgIpc) is 2.57. The van der Waals surface area contributed by atoms with E-state index in [4.69, 9.17) is 14.3 Å². The summed E-state index contributed by atoms with van der Waals surface area (Å²) in [5, 5.41) is 0. The number of hydrogen-bond acceptors (Lipinski definition) is 3. The molecule has 0 radical (unpaired) electrons. The summed E-state index contributed by atoms with van der Waals surface area (Å²) in [4.78, 5) is 16.2. The van der Waals surface area contributed by atoms with Gasteiger partial charge in [-0.1, -0.05) is 29.8 Å². The Morgan fingerprint density at radius 3 is 2.00 bits per heavy atom. The minimum Gasteiger partial charge on any atom is -0.367 e. The van der Waals surface area contributed by atoms with Gasteiger partial charge in [0.2, 0.25) is 0 Å². The summed E-state index contributed by atoms with van der Waals surface area (Å²) >= 11 is 0. The average molecular weight is 246 g/mol. The van der Waals surface area contributed by atoms with Crippen LogP contribution in [0.3, 0.4) is 0 Å². The third-order valence-corrected chi connectivity index (χ3v) is 3.33. The highest BCUT2D eigenvalue weighted by Crippen LogP contribution is 2.35. The Morgan fingerprint density at radius 1 is 1.11 bits per heavy atom. The molecule has 18 heavy (non-hydrogen) atoms. The third kappa shape index (κ3) is 3.16. The number of hydrogen-bond donors (Lipinski definition) is 0. The van der Waals surface area contributed by atoms with E-state index in [1.807, 2.05) is 0 Å². The molecule has 0 aliphatic carbocycles. The van der Waals surface area contributed by atoms with Crippen LogP contribution in [0.15, 0.2) is 29.8 Å². The molecule has 0 fully saturated rings. The lowest BCUT2D eigenvalue weighted by Gasteiger charge is -2.18. The molecule has 0 saturated carbocycles. The number of ether oxygens (including phenoxy) is 1. The molecule has 0 aromatic heterocycles. The first-order valence-electron chi connectivity index (χ1n) is 5.83. The van der Waals surface area contributed by atoms with E-state index in [2.05, 4.69) is 52.0 Å². The lowest BCUT2D eigenvalue weighted by molar-refractivity contribution is -0.191. The van der Waals surface area contributed by atoms with Gasteiger partial charge >= 0.3 is 6.15 Å². The van der Waals surface area contributed by atoms with Crippen LogP contribution in [-0.4, -0.2) is 18.4 Å². The van der Waals surface area contributed by atoms with Crippen LogP contribution < -0.4 is 0 Å². The van der Waals surface area contributed by atoms with Gasteiger partial charge in [0.15, 0.2) is 0 Å². The van der Waals surface area contributed by atoms with Crippen molar-refractivity contribution in [2.45, 2.75) is 33.3 Å². The summed E-state index contributed by atoms with van der Waals surface area (Å²) in [5.74, 6) is 0. The van der Waals surface area contributed by atoms with Crippen molar-refractivity contribution in [3.8, 4) is 0 Å². The zero-order valence-electron chi connectivity index (χ0n) is 11.2. The van der Waals surface area contributed by atoms with Crippen molar-refractivity contribution in [1.29, 1.82) is 0 Å². The number of benzene rings is 1. The van der Waals surface area contributed by atoms with Crippen molar-refractivity contribution in [2.75, 3.05) is 6.61 Å². The molecule has 0 unspecified atom stereocenters. The summed E-state index contributed by atoms with van der Waals surface area (Å²) in [6, 6.07) is 8.67. The van der Waals surface area contributed by atoms with Crippen LogP contribution in [0, 0.1) is 6.92 Å². The molecule has 1 aromatic carbocycles. The van der Waals surface area contributed by atoms with E-state index < -0.39 is 0 Å². The van der Waals surface area contributed by atoms with E-state index in [0.29, 0.717) is 0 Å². The first-order chi connectivity index (χ1) is 8.42. The number of carbonyl (C=O) groups excluding carboxylic acids is 2. The lowest BCUT2D eigenvalue weighted by atomic mass is 9.94. The Balaban J connectivity index is 0.000000492. The Morgan fingerprint density at radius 2 is 1.61 bits per heavy atom. The van der Waals surface area contributed by atoms with Crippen LogP contribution in [0.5, 0.6) is 0 Å². The predicted octanol–water partition coefficient (Wildman–Crippen LogP) is 2.99. The van der Waals surface area contributed by atoms with Crippen molar-refractivity contribution in [3.05, 3.63) is 41.0 Å². The van der Waals surface area contributed by atoms with Gasteiger partial charge in [0.05, 0.1) is 12.2 Å². The highest BCUT2D eigenvalue weighted by molar-refractivity contribution is 5.72. The molecule has 0 spiro atoms. The largest absolute Gasteiger partial charge is 0.373 e. The SMILES string of the molecule is CC1=C(c2ccc(C)cc2)COC1(C)C.O=C=O. The van der Waals surface area contributed by atoms with Crippen LogP contribution >= 0.6 is 0 Å². The van der Waals surface area contributed by atoms with Crippen LogP contribution in [0.4, 0.5) is 0 Å². The maximum Gasteiger partial charge on any atom is 0.373 e. The maximum atomic E-state index is 8.12. The first kappa shape index (κ1) is 14.4. The van der Waals surface area contributed by atoms with Gasteiger partial charge in [-0.3, -0.25) is 0 Å². The zero-order chi connectivity index (χ0) is 13.8. The molecule has 0 N–H and O–H groups in total. The molecule has 3 heteroatoms. The van der Waals surface area contributed by atoms with Gasteiger partial charge in [0.25, 0.3) is 0 Å². The molecule has 96 valence electrons. The molecule has 0 amide bonds. The molecule has 0 bridgehead atoms. The highest BCUT2D eigenvalue weighted by Gasteiger charge is 2.30. The number of rotatable bonds is 1. The van der Waals surface area contributed by atoms with Crippen molar-refractivity contribution in [2.24, 2.45) is 0 Å². The van der Waals surface area contributed by atoms with E-state index >= 15 is 0 Å². The molecular formula is C15H18O3.